The first-order valence-electron chi connectivity index (χ1n) is 9.90. The fourth-order valence-electron chi connectivity index (χ4n) is 3.63. The van der Waals surface area contributed by atoms with Gasteiger partial charge in [-0.25, -0.2) is 0 Å². The molecule has 1 aliphatic heterocycles. The van der Waals surface area contributed by atoms with Crippen molar-refractivity contribution >= 4 is 5.91 Å². The average molecular weight is 371 g/mol. The van der Waals surface area contributed by atoms with Crippen molar-refractivity contribution in [3.05, 3.63) is 47.7 Å². The number of nitrogens with zero attached hydrogens (tertiary/aromatic N) is 3. The van der Waals surface area contributed by atoms with E-state index in [0.29, 0.717) is 31.2 Å². The van der Waals surface area contributed by atoms with Gasteiger partial charge in [-0.1, -0.05) is 30.3 Å². The Kier molecular flexibility index (Phi) is 7.39. The molecule has 0 N–H and O–H groups in total. The van der Waals surface area contributed by atoms with Crippen LogP contribution in [0.1, 0.15) is 49.4 Å². The van der Waals surface area contributed by atoms with Crippen molar-refractivity contribution in [2.24, 2.45) is 0 Å². The number of carbonyl (C=O) groups excluding carboxylic acids is 1. The van der Waals surface area contributed by atoms with Crippen LogP contribution >= 0.6 is 0 Å². The second-order valence-corrected chi connectivity index (χ2v) is 7.12. The summed E-state index contributed by atoms with van der Waals surface area (Å²) in [7, 11) is 1.69. The van der Waals surface area contributed by atoms with Gasteiger partial charge in [0.05, 0.1) is 12.6 Å². The molecule has 6 nitrogen and oxygen atoms in total. The number of piperidine rings is 1. The number of amides is 1. The molecular weight excluding hydrogens is 342 g/mol. The lowest BCUT2D eigenvalue weighted by molar-refractivity contribution is -0.136. The molecule has 1 aliphatic rings. The number of methoxy groups -OCH3 is 1. The van der Waals surface area contributed by atoms with Gasteiger partial charge in [0, 0.05) is 32.9 Å². The number of benzene rings is 1. The second kappa shape index (κ2) is 10.2. The van der Waals surface area contributed by atoms with Crippen LogP contribution in [0.4, 0.5) is 0 Å². The van der Waals surface area contributed by atoms with E-state index in [2.05, 4.69) is 34.5 Å². The molecule has 1 amide bonds. The molecule has 1 atom stereocenters. The summed E-state index contributed by atoms with van der Waals surface area (Å²) in [6.45, 7) is 1.43. The summed E-state index contributed by atoms with van der Waals surface area (Å²) in [6.07, 6.45) is 6.88. The van der Waals surface area contributed by atoms with Crippen molar-refractivity contribution < 1.29 is 13.9 Å². The number of hydrogen-bond donors (Lipinski definition) is 0. The first kappa shape index (κ1) is 19.5. The Morgan fingerprint density at radius 2 is 1.93 bits per heavy atom. The summed E-state index contributed by atoms with van der Waals surface area (Å²) in [5.74, 6) is 1.36. The van der Waals surface area contributed by atoms with Crippen LogP contribution in [0.3, 0.4) is 0 Å². The van der Waals surface area contributed by atoms with Gasteiger partial charge in [0.2, 0.25) is 17.7 Å². The number of likely N-dealkylation sites (tertiary alicyclic amines) is 1. The highest BCUT2D eigenvalue weighted by Crippen LogP contribution is 2.19. The van der Waals surface area contributed by atoms with E-state index in [1.807, 2.05) is 11.0 Å². The van der Waals surface area contributed by atoms with E-state index in [1.165, 1.54) is 5.56 Å². The minimum Gasteiger partial charge on any atom is -0.425 e. The van der Waals surface area contributed by atoms with E-state index in [4.69, 9.17) is 9.15 Å². The van der Waals surface area contributed by atoms with Crippen molar-refractivity contribution in [1.29, 1.82) is 0 Å². The van der Waals surface area contributed by atoms with Gasteiger partial charge in [-0.15, -0.1) is 10.2 Å². The van der Waals surface area contributed by atoms with Gasteiger partial charge in [0.15, 0.2) is 0 Å². The molecule has 2 aromatic rings. The second-order valence-electron chi connectivity index (χ2n) is 7.12. The van der Waals surface area contributed by atoms with E-state index in [-0.39, 0.29) is 11.9 Å². The van der Waals surface area contributed by atoms with Crippen LogP contribution in [-0.2, 0) is 28.8 Å². The minimum atomic E-state index is 0.153. The predicted octanol–water partition coefficient (Wildman–Crippen LogP) is 3.21. The molecule has 27 heavy (non-hydrogen) atoms. The van der Waals surface area contributed by atoms with Gasteiger partial charge in [-0.3, -0.25) is 4.79 Å². The predicted molar refractivity (Wildman–Crippen MR) is 102 cm³/mol. The molecule has 0 radical (unpaired) electrons. The highest BCUT2D eigenvalue weighted by molar-refractivity contribution is 5.76. The summed E-state index contributed by atoms with van der Waals surface area (Å²) < 4.78 is 11.0. The Bertz CT molecular complexity index is 700. The maximum absolute atomic E-state index is 12.6. The Hall–Kier alpha value is -2.21. The summed E-state index contributed by atoms with van der Waals surface area (Å²) in [4.78, 5) is 14.5. The number of aromatic nitrogens is 2. The largest absolute Gasteiger partial charge is 0.425 e. The minimum absolute atomic E-state index is 0.153. The fraction of sp³-hybridized carbons (Fsp3) is 0.571. The molecule has 3 rings (SSSR count). The molecule has 1 aromatic heterocycles. The van der Waals surface area contributed by atoms with Crippen LogP contribution < -0.4 is 0 Å². The zero-order valence-corrected chi connectivity index (χ0v) is 16.1. The van der Waals surface area contributed by atoms with E-state index >= 15 is 0 Å². The maximum Gasteiger partial charge on any atom is 0.223 e. The molecule has 0 saturated carbocycles. The summed E-state index contributed by atoms with van der Waals surface area (Å²) in [5, 5.41) is 8.22. The van der Waals surface area contributed by atoms with Crippen LogP contribution in [0.25, 0.3) is 0 Å². The van der Waals surface area contributed by atoms with Crippen LogP contribution in [0.5, 0.6) is 0 Å². The van der Waals surface area contributed by atoms with Gasteiger partial charge in [0.1, 0.15) is 0 Å². The molecule has 0 spiro atoms. The number of carbonyl (C=O) groups is 1. The van der Waals surface area contributed by atoms with E-state index < -0.39 is 0 Å². The van der Waals surface area contributed by atoms with E-state index in [1.54, 1.807) is 7.11 Å². The smallest absolute Gasteiger partial charge is 0.223 e. The number of hydrogen-bond acceptors (Lipinski definition) is 5. The molecule has 2 heterocycles. The standard InChI is InChI=1S/C21H29N3O3/c1-26-16-18-11-5-6-15-24(18)21(25)14-13-20-23-22-19(27-20)12-7-10-17-8-3-2-4-9-17/h2-4,8-9,18H,5-7,10-16H2,1H3/t18-/m0/s1. The zero-order valence-electron chi connectivity index (χ0n) is 16.1. The van der Waals surface area contributed by atoms with Crippen LogP contribution in [-0.4, -0.2) is 47.3 Å². The van der Waals surface area contributed by atoms with Gasteiger partial charge < -0.3 is 14.1 Å². The fourth-order valence-corrected chi connectivity index (χ4v) is 3.63. The van der Waals surface area contributed by atoms with Gasteiger partial charge in [-0.05, 0) is 37.7 Å². The molecule has 1 fully saturated rings. The Morgan fingerprint density at radius 1 is 1.15 bits per heavy atom. The Balaban J connectivity index is 1.42. The third kappa shape index (κ3) is 5.89. The Morgan fingerprint density at radius 3 is 2.70 bits per heavy atom. The lowest BCUT2D eigenvalue weighted by Gasteiger charge is -2.35. The highest BCUT2D eigenvalue weighted by Gasteiger charge is 2.26. The lowest BCUT2D eigenvalue weighted by atomic mass is 10.0. The molecule has 0 bridgehead atoms. The normalized spacial score (nSPS) is 17.2. The topological polar surface area (TPSA) is 68.5 Å². The molecule has 0 aliphatic carbocycles. The third-order valence-corrected chi connectivity index (χ3v) is 5.07. The molecular formula is C21H29N3O3. The van der Waals surface area contributed by atoms with Crippen molar-refractivity contribution in [1.82, 2.24) is 15.1 Å². The summed E-state index contributed by atoms with van der Waals surface area (Å²) in [6, 6.07) is 10.6. The molecule has 1 aromatic carbocycles. The zero-order chi connectivity index (χ0) is 18.9. The van der Waals surface area contributed by atoms with Gasteiger partial charge in [-0.2, -0.15) is 0 Å². The first-order valence-corrected chi connectivity index (χ1v) is 9.90. The molecule has 146 valence electrons. The van der Waals surface area contributed by atoms with Crippen LogP contribution in [0, 0.1) is 0 Å². The van der Waals surface area contributed by atoms with Gasteiger partial charge in [0.25, 0.3) is 0 Å². The third-order valence-electron chi connectivity index (χ3n) is 5.07. The molecule has 6 heteroatoms. The van der Waals surface area contributed by atoms with Gasteiger partial charge >= 0.3 is 0 Å². The Labute approximate surface area is 160 Å². The lowest BCUT2D eigenvalue weighted by Crippen LogP contribution is -2.46. The summed E-state index contributed by atoms with van der Waals surface area (Å²) >= 11 is 0. The summed E-state index contributed by atoms with van der Waals surface area (Å²) in [5.41, 5.74) is 1.31. The monoisotopic (exact) mass is 371 g/mol. The first-order chi connectivity index (χ1) is 13.3. The number of rotatable bonds is 9. The quantitative estimate of drug-likeness (QED) is 0.677. The highest BCUT2D eigenvalue weighted by atomic mass is 16.5. The van der Waals surface area contributed by atoms with Crippen molar-refractivity contribution in [2.45, 2.75) is 57.4 Å². The SMILES string of the molecule is COC[C@@H]1CCCCN1C(=O)CCc1nnc(CCCc2ccccc2)o1. The van der Waals surface area contributed by atoms with Crippen molar-refractivity contribution in [3.8, 4) is 0 Å². The number of ether oxygens (including phenoxy) is 1. The van der Waals surface area contributed by atoms with Crippen molar-refractivity contribution in [3.63, 3.8) is 0 Å². The number of aryl methyl sites for hydroxylation is 3. The molecule has 1 saturated heterocycles. The van der Waals surface area contributed by atoms with E-state index in [9.17, 15) is 4.79 Å². The maximum atomic E-state index is 12.6. The van der Waals surface area contributed by atoms with Crippen LogP contribution in [0.2, 0.25) is 0 Å². The van der Waals surface area contributed by atoms with Crippen molar-refractivity contribution in [2.75, 3.05) is 20.3 Å². The van der Waals surface area contributed by atoms with Crippen LogP contribution in [0.15, 0.2) is 34.7 Å². The molecule has 0 unspecified atom stereocenters. The average Bonchev–Trinajstić information content (AvgIpc) is 3.15. The van der Waals surface area contributed by atoms with E-state index in [0.717, 1.165) is 45.1 Å².